The SMILES string of the molecule is CNC(=O)Nc1ccc(C2(C(=O)NCc3ccncc3)CCC2)cc1. The molecule has 0 saturated heterocycles. The van der Waals surface area contributed by atoms with Gasteiger partial charge >= 0.3 is 6.03 Å². The van der Waals surface area contributed by atoms with E-state index in [0.29, 0.717) is 12.2 Å². The van der Waals surface area contributed by atoms with Gasteiger partial charge in [-0.05, 0) is 48.2 Å². The Hall–Kier alpha value is -2.89. The summed E-state index contributed by atoms with van der Waals surface area (Å²) in [5.41, 5.74) is 2.27. The Labute approximate surface area is 147 Å². The second-order valence-electron chi connectivity index (χ2n) is 6.26. The van der Waals surface area contributed by atoms with Gasteiger partial charge in [0.25, 0.3) is 0 Å². The molecule has 0 bridgehead atoms. The molecule has 0 unspecified atom stereocenters. The number of amides is 3. The maximum absolute atomic E-state index is 12.8. The molecule has 1 fully saturated rings. The minimum atomic E-state index is -0.460. The van der Waals surface area contributed by atoms with E-state index in [0.717, 1.165) is 30.4 Å². The van der Waals surface area contributed by atoms with Crippen LogP contribution in [-0.4, -0.2) is 24.0 Å². The fourth-order valence-corrected chi connectivity index (χ4v) is 3.10. The molecule has 1 saturated carbocycles. The molecule has 3 rings (SSSR count). The molecule has 1 heterocycles. The number of benzene rings is 1. The van der Waals surface area contributed by atoms with Gasteiger partial charge in [-0.15, -0.1) is 0 Å². The molecule has 130 valence electrons. The van der Waals surface area contributed by atoms with Gasteiger partial charge < -0.3 is 16.0 Å². The molecule has 3 N–H and O–H groups in total. The fraction of sp³-hybridized carbons (Fsp3) is 0.316. The van der Waals surface area contributed by atoms with Crippen molar-refractivity contribution in [3.63, 3.8) is 0 Å². The van der Waals surface area contributed by atoms with Crippen molar-refractivity contribution in [1.29, 1.82) is 0 Å². The summed E-state index contributed by atoms with van der Waals surface area (Å²) in [7, 11) is 1.57. The number of hydrogen-bond acceptors (Lipinski definition) is 3. The fourth-order valence-electron chi connectivity index (χ4n) is 3.10. The van der Waals surface area contributed by atoms with E-state index >= 15 is 0 Å². The van der Waals surface area contributed by atoms with Gasteiger partial charge in [0.2, 0.25) is 5.91 Å². The number of pyridine rings is 1. The first-order chi connectivity index (χ1) is 12.1. The van der Waals surface area contributed by atoms with Crippen LogP contribution in [0, 0.1) is 0 Å². The van der Waals surface area contributed by atoms with Crippen molar-refractivity contribution in [2.45, 2.75) is 31.2 Å². The first-order valence-corrected chi connectivity index (χ1v) is 8.40. The normalized spacial score (nSPS) is 14.9. The van der Waals surface area contributed by atoms with Crippen LogP contribution in [0.5, 0.6) is 0 Å². The molecule has 3 amide bonds. The molecule has 0 spiro atoms. The topological polar surface area (TPSA) is 83.1 Å². The molecule has 0 atom stereocenters. The van der Waals surface area contributed by atoms with Gasteiger partial charge in [-0.2, -0.15) is 0 Å². The minimum absolute atomic E-state index is 0.0579. The lowest BCUT2D eigenvalue weighted by Gasteiger charge is -2.40. The molecule has 0 radical (unpaired) electrons. The van der Waals surface area contributed by atoms with Crippen LogP contribution in [-0.2, 0) is 16.8 Å². The largest absolute Gasteiger partial charge is 0.351 e. The summed E-state index contributed by atoms with van der Waals surface area (Å²) >= 11 is 0. The zero-order chi connectivity index (χ0) is 17.7. The molecular weight excluding hydrogens is 316 g/mol. The van der Waals surface area contributed by atoms with Crippen molar-refractivity contribution in [2.75, 3.05) is 12.4 Å². The van der Waals surface area contributed by atoms with Crippen LogP contribution in [0.1, 0.15) is 30.4 Å². The molecule has 25 heavy (non-hydrogen) atoms. The van der Waals surface area contributed by atoms with Gasteiger partial charge in [-0.3, -0.25) is 9.78 Å². The number of hydrogen-bond donors (Lipinski definition) is 3. The van der Waals surface area contributed by atoms with Crippen molar-refractivity contribution in [1.82, 2.24) is 15.6 Å². The molecule has 1 aliphatic carbocycles. The Morgan fingerprint density at radius 2 is 1.76 bits per heavy atom. The molecule has 0 aliphatic heterocycles. The molecule has 1 aliphatic rings. The second kappa shape index (κ2) is 7.34. The summed E-state index contributed by atoms with van der Waals surface area (Å²) in [5, 5.41) is 8.29. The summed E-state index contributed by atoms with van der Waals surface area (Å²) < 4.78 is 0. The van der Waals surface area contributed by atoms with Gasteiger partial charge in [0.1, 0.15) is 0 Å². The second-order valence-corrected chi connectivity index (χ2v) is 6.26. The maximum Gasteiger partial charge on any atom is 0.318 e. The highest BCUT2D eigenvalue weighted by atomic mass is 16.2. The van der Waals surface area contributed by atoms with Crippen molar-refractivity contribution >= 4 is 17.6 Å². The Balaban J connectivity index is 1.69. The summed E-state index contributed by atoms with van der Waals surface area (Å²) in [6.45, 7) is 0.499. The van der Waals surface area contributed by atoms with E-state index in [1.54, 1.807) is 19.4 Å². The van der Waals surface area contributed by atoms with Crippen LogP contribution in [0.3, 0.4) is 0 Å². The standard InChI is InChI=1S/C19H22N4O2/c1-20-18(25)23-16-5-3-15(4-6-16)19(9-2-10-19)17(24)22-13-14-7-11-21-12-8-14/h3-8,11-12H,2,9-10,13H2,1H3,(H,22,24)(H2,20,23,25). The lowest BCUT2D eigenvalue weighted by atomic mass is 9.63. The monoisotopic (exact) mass is 338 g/mol. The van der Waals surface area contributed by atoms with Gasteiger partial charge in [0, 0.05) is 31.7 Å². The molecule has 1 aromatic heterocycles. The third-order valence-electron chi connectivity index (χ3n) is 4.77. The number of nitrogens with zero attached hydrogens (tertiary/aromatic N) is 1. The lowest BCUT2D eigenvalue weighted by molar-refractivity contribution is -0.130. The molecule has 2 aromatic rings. The van der Waals surface area contributed by atoms with Crippen LogP contribution in [0.4, 0.5) is 10.5 Å². The zero-order valence-corrected chi connectivity index (χ0v) is 14.2. The number of rotatable bonds is 5. The first-order valence-electron chi connectivity index (χ1n) is 8.40. The van der Waals surface area contributed by atoms with E-state index in [1.807, 2.05) is 36.4 Å². The van der Waals surface area contributed by atoms with Gasteiger partial charge in [0.15, 0.2) is 0 Å². The predicted octanol–water partition coefficient (Wildman–Crippen LogP) is 2.57. The Morgan fingerprint density at radius 1 is 1.08 bits per heavy atom. The predicted molar refractivity (Wildman–Crippen MR) is 96.1 cm³/mol. The number of carbonyl (C=O) groups is 2. The van der Waals surface area contributed by atoms with E-state index in [1.165, 1.54) is 0 Å². The summed E-state index contributed by atoms with van der Waals surface area (Å²) in [6, 6.07) is 11.1. The Bertz CT molecular complexity index is 740. The number of aromatic nitrogens is 1. The van der Waals surface area contributed by atoms with Crippen LogP contribution in [0.25, 0.3) is 0 Å². The summed E-state index contributed by atoms with van der Waals surface area (Å²) in [4.78, 5) is 28.2. The molecule has 1 aromatic carbocycles. The average Bonchev–Trinajstić information content (AvgIpc) is 2.61. The summed E-state index contributed by atoms with van der Waals surface area (Å²) in [6.07, 6.45) is 6.17. The Morgan fingerprint density at radius 3 is 2.32 bits per heavy atom. The number of nitrogens with one attached hydrogen (secondary N) is 3. The van der Waals surface area contributed by atoms with E-state index in [4.69, 9.17) is 0 Å². The first kappa shape index (κ1) is 17.0. The highest BCUT2D eigenvalue weighted by Gasteiger charge is 2.45. The number of urea groups is 1. The van der Waals surface area contributed by atoms with Gasteiger partial charge in [0.05, 0.1) is 5.41 Å². The van der Waals surface area contributed by atoms with Crippen LogP contribution in [0.15, 0.2) is 48.8 Å². The number of carbonyl (C=O) groups excluding carboxylic acids is 2. The van der Waals surface area contributed by atoms with Gasteiger partial charge in [-0.1, -0.05) is 18.6 Å². The van der Waals surface area contributed by atoms with Crippen molar-refractivity contribution in [3.05, 3.63) is 59.9 Å². The highest BCUT2D eigenvalue weighted by molar-refractivity contribution is 5.90. The highest BCUT2D eigenvalue weighted by Crippen LogP contribution is 2.44. The van der Waals surface area contributed by atoms with Crippen molar-refractivity contribution in [3.8, 4) is 0 Å². The maximum atomic E-state index is 12.8. The zero-order valence-electron chi connectivity index (χ0n) is 14.2. The molecular formula is C19H22N4O2. The quantitative estimate of drug-likeness (QED) is 0.783. The summed E-state index contributed by atoms with van der Waals surface area (Å²) in [5.74, 6) is 0.0579. The third-order valence-corrected chi connectivity index (χ3v) is 4.77. The van der Waals surface area contributed by atoms with Gasteiger partial charge in [-0.25, -0.2) is 4.79 Å². The molecule has 6 heteroatoms. The van der Waals surface area contributed by atoms with Crippen LogP contribution in [0.2, 0.25) is 0 Å². The van der Waals surface area contributed by atoms with Crippen LogP contribution < -0.4 is 16.0 Å². The third kappa shape index (κ3) is 3.63. The van der Waals surface area contributed by atoms with Crippen LogP contribution >= 0.6 is 0 Å². The minimum Gasteiger partial charge on any atom is -0.351 e. The van der Waals surface area contributed by atoms with E-state index < -0.39 is 5.41 Å². The molecule has 6 nitrogen and oxygen atoms in total. The van der Waals surface area contributed by atoms with Crippen molar-refractivity contribution < 1.29 is 9.59 Å². The smallest absolute Gasteiger partial charge is 0.318 e. The number of anilines is 1. The van der Waals surface area contributed by atoms with E-state index in [-0.39, 0.29) is 11.9 Å². The average molecular weight is 338 g/mol. The van der Waals surface area contributed by atoms with Crippen molar-refractivity contribution in [2.24, 2.45) is 0 Å². The van der Waals surface area contributed by atoms with E-state index in [9.17, 15) is 9.59 Å². The lowest BCUT2D eigenvalue weighted by Crippen LogP contribution is -2.49. The van der Waals surface area contributed by atoms with E-state index in [2.05, 4.69) is 20.9 Å². The Kier molecular flexibility index (Phi) is 4.97.